The summed E-state index contributed by atoms with van der Waals surface area (Å²) in [4.78, 5) is 0. The van der Waals surface area contributed by atoms with E-state index < -0.39 is 17.7 Å². The van der Waals surface area contributed by atoms with Crippen LogP contribution in [0, 0.1) is 5.82 Å². The van der Waals surface area contributed by atoms with Crippen LogP contribution in [-0.2, 0) is 0 Å². The van der Waals surface area contributed by atoms with E-state index in [-0.39, 0.29) is 10.3 Å². The molecule has 0 radical (unpaired) electrons. The smallest absolute Gasteiger partial charge is 0.403 e. The molecule has 0 spiro atoms. The SMILES string of the molecule is N/C=C(\C=C(/N)C(F)(F)F)n1cc(F)c(Br)n1. The summed E-state index contributed by atoms with van der Waals surface area (Å²) in [7, 11) is 0. The number of aromatic nitrogens is 2. The van der Waals surface area contributed by atoms with E-state index in [1.54, 1.807) is 0 Å². The van der Waals surface area contributed by atoms with E-state index in [1.165, 1.54) is 0 Å². The lowest BCUT2D eigenvalue weighted by Gasteiger charge is -2.07. The highest BCUT2D eigenvalue weighted by atomic mass is 79.9. The maximum atomic E-state index is 12.9. The van der Waals surface area contributed by atoms with Crippen LogP contribution in [-0.4, -0.2) is 16.0 Å². The van der Waals surface area contributed by atoms with E-state index in [2.05, 4.69) is 21.0 Å². The van der Waals surface area contributed by atoms with Crippen LogP contribution < -0.4 is 11.5 Å². The highest BCUT2D eigenvalue weighted by Gasteiger charge is 2.31. The molecule has 0 saturated carbocycles. The number of nitrogens with two attached hydrogens (primary N) is 2. The molecular weight excluding hydrogens is 308 g/mol. The Morgan fingerprint density at radius 1 is 1.47 bits per heavy atom. The minimum absolute atomic E-state index is 0.143. The molecule has 0 aliphatic carbocycles. The molecule has 4 nitrogen and oxygen atoms in total. The summed E-state index contributed by atoms with van der Waals surface area (Å²) in [5.74, 6) is -0.733. The standard InChI is InChI=1S/C8H7BrF4N4/c9-7-5(10)3-17(16-7)4(2-14)1-6(15)8(11,12)13/h1-3H,14-15H2/b4-2+,6-1-. The minimum atomic E-state index is -4.68. The fraction of sp³-hybridized carbons (Fsp3) is 0.125. The molecule has 94 valence electrons. The van der Waals surface area contributed by atoms with Crippen LogP contribution in [0.3, 0.4) is 0 Å². The van der Waals surface area contributed by atoms with Crippen LogP contribution in [0.15, 0.2) is 28.8 Å². The van der Waals surface area contributed by atoms with Gasteiger partial charge < -0.3 is 11.5 Å². The Hall–Kier alpha value is -1.51. The molecular formula is C8H7BrF4N4. The lowest BCUT2D eigenvalue weighted by molar-refractivity contribution is -0.0926. The molecule has 0 fully saturated rings. The van der Waals surface area contributed by atoms with E-state index in [1.807, 2.05) is 0 Å². The van der Waals surface area contributed by atoms with Crippen molar-refractivity contribution in [3.63, 3.8) is 0 Å². The topological polar surface area (TPSA) is 69.9 Å². The molecule has 0 saturated heterocycles. The van der Waals surface area contributed by atoms with Crippen molar-refractivity contribution in [1.29, 1.82) is 0 Å². The maximum absolute atomic E-state index is 12.9. The molecule has 0 aromatic carbocycles. The van der Waals surface area contributed by atoms with Gasteiger partial charge in [-0.1, -0.05) is 0 Å². The number of allylic oxidation sites excluding steroid dienone is 3. The molecule has 1 heterocycles. The Bertz CT molecular complexity index is 455. The predicted molar refractivity (Wildman–Crippen MR) is 56.7 cm³/mol. The highest BCUT2D eigenvalue weighted by Crippen LogP contribution is 2.23. The van der Waals surface area contributed by atoms with Gasteiger partial charge in [0.1, 0.15) is 5.70 Å². The first-order chi connectivity index (χ1) is 7.75. The number of hydrogen-bond acceptors (Lipinski definition) is 3. The number of alkyl halides is 3. The van der Waals surface area contributed by atoms with Gasteiger partial charge in [0.15, 0.2) is 10.4 Å². The van der Waals surface area contributed by atoms with Crippen LogP contribution in [0.25, 0.3) is 5.70 Å². The van der Waals surface area contributed by atoms with Crippen LogP contribution in [0.1, 0.15) is 0 Å². The minimum Gasteiger partial charge on any atom is -0.403 e. The lowest BCUT2D eigenvalue weighted by atomic mass is 10.3. The van der Waals surface area contributed by atoms with Crippen LogP contribution >= 0.6 is 15.9 Å². The average molecular weight is 315 g/mol. The Morgan fingerprint density at radius 3 is 2.41 bits per heavy atom. The van der Waals surface area contributed by atoms with Crippen molar-refractivity contribution < 1.29 is 17.6 Å². The first-order valence-electron chi connectivity index (χ1n) is 4.13. The molecule has 1 aromatic rings. The van der Waals surface area contributed by atoms with Crippen molar-refractivity contribution in [3.05, 3.63) is 34.6 Å². The van der Waals surface area contributed by atoms with Gasteiger partial charge in [0.05, 0.1) is 11.9 Å². The zero-order valence-corrected chi connectivity index (χ0v) is 9.76. The Kier molecular flexibility index (Phi) is 3.81. The van der Waals surface area contributed by atoms with Gasteiger partial charge in [-0.05, 0) is 22.0 Å². The van der Waals surface area contributed by atoms with E-state index in [9.17, 15) is 17.6 Å². The van der Waals surface area contributed by atoms with Gasteiger partial charge in [0, 0.05) is 6.20 Å². The summed E-state index contributed by atoms with van der Waals surface area (Å²) in [6, 6.07) is 0. The van der Waals surface area contributed by atoms with E-state index in [4.69, 9.17) is 11.5 Å². The van der Waals surface area contributed by atoms with Gasteiger partial charge in [-0.2, -0.15) is 18.3 Å². The first-order valence-corrected chi connectivity index (χ1v) is 4.92. The third-order valence-electron chi connectivity index (χ3n) is 1.69. The highest BCUT2D eigenvalue weighted by molar-refractivity contribution is 9.10. The fourth-order valence-corrected chi connectivity index (χ4v) is 1.17. The molecule has 4 N–H and O–H groups in total. The molecule has 0 unspecified atom stereocenters. The number of rotatable bonds is 2. The van der Waals surface area contributed by atoms with Crippen molar-refractivity contribution in [3.8, 4) is 0 Å². The van der Waals surface area contributed by atoms with Crippen LogP contribution in [0.4, 0.5) is 17.6 Å². The molecule has 1 rings (SSSR count). The predicted octanol–water partition coefficient (Wildman–Crippen LogP) is 1.95. The summed E-state index contributed by atoms with van der Waals surface area (Å²) in [6.07, 6.45) is -2.43. The second kappa shape index (κ2) is 4.78. The Morgan fingerprint density at radius 2 is 2.06 bits per heavy atom. The summed E-state index contributed by atoms with van der Waals surface area (Å²) in [5, 5.41) is 3.56. The molecule has 0 aliphatic heterocycles. The van der Waals surface area contributed by atoms with Gasteiger partial charge in [-0.3, -0.25) is 0 Å². The van der Waals surface area contributed by atoms with E-state index in [0.29, 0.717) is 6.08 Å². The maximum Gasteiger partial charge on any atom is 0.430 e. The van der Waals surface area contributed by atoms with Crippen LogP contribution in [0.2, 0.25) is 0 Å². The monoisotopic (exact) mass is 314 g/mol. The molecule has 0 aliphatic rings. The van der Waals surface area contributed by atoms with Crippen molar-refractivity contribution >= 4 is 21.6 Å². The average Bonchev–Trinajstić information content (AvgIpc) is 2.53. The lowest BCUT2D eigenvalue weighted by Crippen LogP contribution is -2.20. The van der Waals surface area contributed by atoms with Crippen molar-refractivity contribution in [2.24, 2.45) is 11.5 Å². The van der Waals surface area contributed by atoms with Gasteiger partial charge in [-0.25, -0.2) is 9.07 Å². The molecule has 0 amide bonds. The quantitative estimate of drug-likeness (QED) is 0.647. The number of halogens is 5. The van der Waals surface area contributed by atoms with E-state index in [0.717, 1.165) is 17.1 Å². The molecule has 0 atom stereocenters. The fourth-order valence-electron chi connectivity index (χ4n) is 0.896. The molecule has 9 heteroatoms. The second-order valence-corrected chi connectivity index (χ2v) is 3.65. The molecule has 1 aromatic heterocycles. The summed E-state index contributed by atoms with van der Waals surface area (Å²) < 4.78 is 50.1. The number of hydrogen-bond donors (Lipinski definition) is 2. The first kappa shape index (κ1) is 13.6. The van der Waals surface area contributed by atoms with Gasteiger partial charge in [0.2, 0.25) is 0 Å². The molecule has 0 bridgehead atoms. The zero-order chi connectivity index (χ0) is 13.2. The largest absolute Gasteiger partial charge is 0.430 e. The Balaban J connectivity index is 3.11. The summed E-state index contributed by atoms with van der Waals surface area (Å²) >= 11 is 2.77. The van der Waals surface area contributed by atoms with Gasteiger partial charge >= 0.3 is 6.18 Å². The van der Waals surface area contributed by atoms with Crippen molar-refractivity contribution in [2.45, 2.75) is 6.18 Å². The zero-order valence-electron chi connectivity index (χ0n) is 8.17. The Labute approximate surface area is 102 Å². The third kappa shape index (κ3) is 3.22. The van der Waals surface area contributed by atoms with Gasteiger partial charge in [0.25, 0.3) is 0 Å². The van der Waals surface area contributed by atoms with Crippen molar-refractivity contribution in [1.82, 2.24) is 9.78 Å². The van der Waals surface area contributed by atoms with E-state index >= 15 is 0 Å². The summed E-state index contributed by atoms with van der Waals surface area (Å²) in [5.41, 5.74) is 8.37. The van der Waals surface area contributed by atoms with Crippen molar-refractivity contribution in [2.75, 3.05) is 0 Å². The van der Waals surface area contributed by atoms with Crippen LogP contribution in [0.5, 0.6) is 0 Å². The number of nitrogens with zero attached hydrogens (tertiary/aromatic N) is 2. The summed E-state index contributed by atoms with van der Waals surface area (Å²) in [6.45, 7) is 0. The molecule has 17 heavy (non-hydrogen) atoms. The van der Waals surface area contributed by atoms with Gasteiger partial charge in [-0.15, -0.1) is 0 Å². The normalized spacial score (nSPS) is 14.2. The third-order valence-corrected chi connectivity index (χ3v) is 2.23. The second-order valence-electron chi connectivity index (χ2n) is 2.90.